The van der Waals surface area contributed by atoms with Gasteiger partial charge < -0.3 is 85.2 Å². The molecular formula is C94H186N16O. The van der Waals surface area contributed by atoms with Crippen LogP contribution in [0.4, 0.5) is 0 Å². The van der Waals surface area contributed by atoms with Crippen LogP contribution >= 0.6 is 0 Å². The predicted molar refractivity (Wildman–Crippen MR) is 490 cm³/mol. The summed E-state index contributed by atoms with van der Waals surface area (Å²) >= 11 is 0. The van der Waals surface area contributed by atoms with E-state index in [9.17, 15) is 0 Å². The van der Waals surface area contributed by atoms with Crippen molar-refractivity contribution in [3.63, 3.8) is 0 Å². The Balaban J connectivity index is 0.000000625. The fourth-order valence-electron chi connectivity index (χ4n) is 14.8. The molecule has 5 N–H and O–H groups in total. The average molecular weight is 1560 g/mol. The lowest BCUT2D eigenvalue weighted by Crippen LogP contribution is -2.44. The lowest BCUT2D eigenvalue weighted by molar-refractivity contribution is 0.0499. The van der Waals surface area contributed by atoms with Gasteiger partial charge in [0.05, 0.1) is 13.2 Å². The van der Waals surface area contributed by atoms with E-state index in [1.165, 1.54) is 175 Å². The van der Waals surface area contributed by atoms with E-state index in [1.807, 2.05) is 7.05 Å². The molecule has 0 radical (unpaired) electrons. The van der Waals surface area contributed by atoms with Crippen molar-refractivity contribution in [1.82, 2.24) is 74.7 Å². The number of piperazine rings is 2. The number of allylic oxidation sites excluding steroid dienone is 9. The third-order valence-electron chi connectivity index (χ3n) is 24.5. The van der Waals surface area contributed by atoms with E-state index in [1.54, 1.807) is 0 Å². The largest absolute Gasteiger partial charge is 0.378 e. The molecule has 9 saturated heterocycles. The number of hydrogen-bond acceptors (Lipinski definition) is 17. The van der Waals surface area contributed by atoms with E-state index in [0.717, 1.165) is 129 Å². The summed E-state index contributed by atoms with van der Waals surface area (Å²) in [5.74, 6) is 6.17. The molecule has 3 unspecified atom stereocenters. The molecule has 648 valence electrons. The highest BCUT2D eigenvalue weighted by atomic mass is 16.5. The Hall–Kier alpha value is -4.46. The van der Waals surface area contributed by atoms with Crippen LogP contribution in [-0.4, -0.2) is 296 Å². The van der Waals surface area contributed by atoms with Crippen LogP contribution in [0.5, 0.6) is 0 Å². The van der Waals surface area contributed by atoms with Gasteiger partial charge in [-0.05, 0) is 173 Å². The van der Waals surface area contributed by atoms with Crippen LogP contribution in [0.3, 0.4) is 0 Å². The van der Waals surface area contributed by atoms with Crippen LogP contribution in [0, 0.1) is 59.2 Å². The Morgan fingerprint density at radius 3 is 0.982 bits per heavy atom. The molecule has 0 aromatic carbocycles. The van der Waals surface area contributed by atoms with E-state index in [2.05, 4.69) is 308 Å². The summed E-state index contributed by atoms with van der Waals surface area (Å²) in [6.45, 7) is 106. The Morgan fingerprint density at radius 1 is 0.351 bits per heavy atom. The summed E-state index contributed by atoms with van der Waals surface area (Å²) in [5.41, 5.74) is 17.4. The number of rotatable bonds is 23. The molecule has 0 spiro atoms. The van der Waals surface area contributed by atoms with Crippen molar-refractivity contribution in [2.24, 2.45) is 64.9 Å². The molecule has 9 heterocycles. The van der Waals surface area contributed by atoms with Crippen LogP contribution in [-0.2, 0) is 4.74 Å². The number of likely N-dealkylation sites (N-methyl/N-ethyl adjacent to an activating group) is 3. The zero-order valence-electron chi connectivity index (χ0n) is 78.1. The third-order valence-corrected chi connectivity index (χ3v) is 24.5. The Labute approximate surface area is 690 Å². The van der Waals surface area contributed by atoms with Crippen molar-refractivity contribution in [3.05, 3.63) is 110 Å². The molecule has 0 saturated carbocycles. The monoisotopic (exact) mass is 1560 g/mol. The second-order valence-corrected chi connectivity index (χ2v) is 36.4. The molecule has 17 nitrogen and oxygen atoms in total. The first-order chi connectivity index (χ1) is 52.1. The second-order valence-electron chi connectivity index (χ2n) is 36.4. The van der Waals surface area contributed by atoms with Gasteiger partial charge in [-0.25, -0.2) is 0 Å². The molecular weight excluding hydrogens is 1370 g/mol. The smallest absolute Gasteiger partial charge is 0.0642 e. The molecule has 0 bridgehead atoms. The van der Waals surface area contributed by atoms with Crippen molar-refractivity contribution in [2.45, 2.75) is 232 Å². The maximum absolute atomic E-state index is 5.82. The lowest BCUT2D eigenvalue weighted by atomic mass is 9.94. The predicted octanol–water partition coefficient (Wildman–Crippen LogP) is 16.1. The van der Waals surface area contributed by atoms with Gasteiger partial charge in [0.2, 0.25) is 0 Å². The molecule has 0 aromatic heterocycles. The maximum Gasteiger partial charge on any atom is 0.0642 e. The van der Waals surface area contributed by atoms with Crippen LogP contribution < -0.4 is 21.7 Å². The number of morpholine rings is 1. The summed E-state index contributed by atoms with van der Waals surface area (Å²) in [6, 6.07) is 3.29. The number of piperidine rings is 4. The van der Waals surface area contributed by atoms with Gasteiger partial charge in [-0.15, -0.1) is 0 Å². The standard InChI is InChI=1S/C12H24N2.C12H23N.2C11H22N2.3C10H20N2.C9H18N2.C9H17NO/c1-10(2)11(3)14-8-6-12(7-9-14)13(4)5;1-5-12-7-6-8-13(9-12)11(4)10(2)3;1-9(2)10(3)13-7-6-11(8-13)12(4)5;1-9(2)10(3)13-7-5-11(12-4)6-8-13;1-9(2)10(3)12-7-5-11(4)6-8-12;1-8(2)9(3)12-6-5-10(7-12)11-4;1-8(2)9(3)12-6-4-10(11)5-7-12;1-8(2)9(3)11-6-4-10-5-7-11;1-8(2)9(3)10-4-6-11-7-5-10/h10,12H,3,6-9H2,1-2,4-5H3;10,12H,4-9H2,1-3H3;9,11H,3,6-8H2,1-2,4-5H3;9,11-12H,3,5-8H2,1-2,4H3;9H,3,5-8H2,1-2,4H3;8,10-11H,3,5-7H2,1-2,4H3;8,10H,3-7,11H2,1-2H3;8,10H,3-7H2,1-2H3;8H,3-7H2,1-2H3. The zero-order valence-corrected chi connectivity index (χ0v) is 78.1. The van der Waals surface area contributed by atoms with Crippen molar-refractivity contribution >= 4 is 0 Å². The molecule has 9 fully saturated rings. The first-order valence-corrected chi connectivity index (χ1v) is 44.5. The van der Waals surface area contributed by atoms with Crippen LogP contribution in [0.1, 0.15) is 202 Å². The molecule has 9 rings (SSSR count). The van der Waals surface area contributed by atoms with Gasteiger partial charge in [-0.1, -0.05) is 197 Å². The van der Waals surface area contributed by atoms with Gasteiger partial charge in [-0.3, -0.25) is 0 Å². The summed E-state index contributed by atoms with van der Waals surface area (Å²) in [6.07, 6.45) is 13.9. The maximum atomic E-state index is 5.82. The van der Waals surface area contributed by atoms with E-state index < -0.39 is 0 Å². The first kappa shape index (κ1) is 105. The Morgan fingerprint density at radius 2 is 0.640 bits per heavy atom. The Kier molecular flexibility index (Phi) is 53.5. The molecule has 0 aliphatic carbocycles. The summed E-state index contributed by atoms with van der Waals surface area (Å²) in [7, 11) is 14.9. The minimum Gasteiger partial charge on any atom is -0.378 e. The minimum atomic E-state index is 0.418. The van der Waals surface area contributed by atoms with Crippen LogP contribution in [0.2, 0.25) is 0 Å². The second kappa shape index (κ2) is 56.8. The summed E-state index contributed by atoms with van der Waals surface area (Å²) in [4.78, 5) is 28.7. The molecule has 17 heteroatoms. The van der Waals surface area contributed by atoms with E-state index >= 15 is 0 Å². The normalized spacial score (nSPS) is 20.9. The highest BCUT2D eigenvalue weighted by molar-refractivity contribution is 5.06. The number of hydrogen-bond donors (Lipinski definition) is 4. The van der Waals surface area contributed by atoms with Crippen LogP contribution in [0.15, 0.2) is 110 Å². The number of nitrogens with one attached hydrogen (secondary N) is 3. The van der Waals surface area contributed by atoms with E-state index in [-0.39, 0.29) is 0 Å². The number of nitrogens with zero attached hydrogens (tertiary/aromatic N) is 12. The molecule has 9 aliphatic rings. The average Bonchev–Trinajstić information content (AvgIpc) is 1.84. The number of likely N-dealkylation sites (tertiary alicyclic amines) is 6. The van der Waals surface area contributed by atoms with Crippen molar-refractivity contribution in [3.8, 4) is 0 Å². The lowest BCUT2D eigenvalue weighted by Gasteiger charge is -2.38. The highest BCUT2D eigenvalue weighted by Gasteiger charge is 2.28. The third kappa shape index (κ3) is 41.3. The first-order valence-electron chi connectivity index (χ1n) is 44.5. The summed E-state index contributed by atoms with van der Waals surface area (Å²) in [5, 5.41) is 9.97. The Bertz CT molecular complexity index is 2470. The topological polar surface area (TPSA) is 110 Å². The van der Waals surface area contributed by atoms with Crippen LogP contribution in [0.25, 0.3) is 0 Å². The van der Waals surface area contributed by atoms with Gasteiger partial charge in [0, 0.05) is 225 Å². The zero-order chi connectivity index (χ0) is 84.4. The highest BCUT2D eigenvalue weighted by Crippen LogP contribution is 2.28. The van der Waals surface area contributed by atoms with E-state index in [0.29, 0.717) is 65.3 Å². The van der Waals surface area contributed by atoms with Crippen molar-refractivity contribution in [2.75, 3.05) is 207 Å². The molecule has 9 aliphatic heterocycles. The van der Waals surface area contributed by atoms with Crippen molar-refractivity contribution in [1.29, 1.82) is 0 Å². The molecule has 111 heavy (non-hydrogen) atoms. The molecule has 0 aromatic rings. The summed E-state index contributed by atoms with van der Waals surface area (Å²) < 4.78 is 5.25. The van der Waals surface area contributed by atoms with Gasteiger partial charge in [0.1, 0.15) is 0 Å². The van der Waals surface area contributed by atoms with E-state index in [4.69, 9.17) is 10.5 Å². The van der Waals surface area contributed by atoms with Crippen molar-refractivity contribution < 1.29 is 4.74 Å². The van der Waals surface area contributed by atoms with Gasteiger partial charge >= 0.3 is 0 Å². The molecule has 0 amide bonds. The number of ether oxygens (including phenoxy) is 1. The quantitative estimate of drug-likeness (QED) is 0.0778. The van der Waals surface area contributed by atoms with Gasteiger partial charge in [-0.2, -0.15) is 0 Å². The number of nitrogens with two attached hydrogens (primary N) is 1. The minimum absolute atomic E-state index is 0.418. The SMILES string of the molecule is C=C(C(C)C)N1CCC(N(C)C)C1.C=C(C(C)C)N1CCC(N(C)C)CC1.C=C(C(C)C)N1CCC(N)CC1.C=C(C(C)C)N1CCC(NC)C1.C=C(C(C)C)N1CCC(NC)CC1.C=C(C(C)C)N1CCCC(CC)C1.C=C(C(C)C)N1CCN(C)CC1.C=C(C(C)C)N1CCNCC1.C=C(C(C)C)N1CCOCC1. The molecule has 3 atom stereocenters. The fraction of sp³-hybridized carbons (Fsp3) is 0.809. The fourth-order valence-corrected chi connectivity index (χ4v) is 14.8. The van der Waals surface area contributed by atoms with Gasteiger partial charge in [0.25, 0.3) is 0 Å². The van der Waals surface area contributed by atoms with Gasteiger partial charge in [0.15, 0.2) is 0 Å².